The van der Waals surface area contributed by atoms with Gasteiger partial charge in [0.15, 0.2) is 0 Å². The molecule has 1 aromatic carbocycles. The number of nitrogens with zero attached hydrogens (tertiary/aromatic N) is 2. The van der Waals surface area contributed by atoms with Crippen LogP contribution in [-0.4, -0.2) is 40.2 Å². The third-order valence-corrected chi connectivity index (χ3v) is 7.52. The molecule has 1 aliphatic heterocycles. The average molecular weight is 455 g/mol. The second kappa shape index (κ2) is 10.7. The minimum atomic E-state index is -0.405. The molecule has 0 saturated heterocycles. The van der Waals surface area contributed by atoms with Crippen molar-refractivity contribution < 1.29 is 9.59 Å². The molecule has 0 radical (unpaired) electrons. The maximum absolute atomic E-state index is 13.7. The summed E-state index contributed by atoms with van der Waals surface area (Å²) in [6, 6.07) is 12.3. The van der Waals surface area contributed by atoms with Gasteiger partial charge in [-0.15, -0.1) is 11.3 Å². The third-order valence-electron chi connectivity index (χ3n) is 6.52. The lowest BCUT2D eigenvalue weighted by atomic mass is 9.92. The molecule has 2 heterocycles. The van der Waals surface area contributed by atoms with Gasteiger partial charge in [-0.1, -0.05) is 57.0 Å². The molecular weight excluding hydrogens is 416 g/mol. The maximum atomic E-state index is 13.7. The smallest absolute Gasteiger partial charge is 0.243 e. The Morgan fingerprint density at radius 2 is 1.88 bits per heavy atom. The van der Waals surface area contributed by atoms with Crippen LogP contribution in [0.3, 0.4) is 0 Å². The maximum Gasteiger partial charge on any atom is 0.243 e. The summed E-state index contributed by atoms with van der Waals surface area (Å²) < 4.78 is 0. The van der Waals surface area contributed by atoms with E-state index in [0.29, 0.717) is 6.54 Å². The van der Waals surface area contributed by atoms with Crippen molar-refractivity contribution in [1.29, 1.82) is 0 Å². The highest BCUT2D eigenvalue weighted by atomic mass is 32.1. The van der Waals surface area contributed by atoms with Crippen LogP contribution in [0.25, 0.3) is 0 Å². The number of hydrogen-bond acceptors (Lipinski definition) is 3. The molecule has 32 heavy (non-hydrogen) atoms. The van der Waals surface area contributed by atoms with Crippen molar-refractivity contribution in [1.82, 2.24) is 9.80 Å². The van der Waals surface area contributed by atoms with Crippen LogP contribution in [-0.2, 0) is 16.0 Å². The van der Waals surface area contributed by atoms with Gasteiger partial charge >= 0.3 is 0 Å². The summed E-state index contributed by atoms with van der Waals surface area (Å²) in [6.45, 7) is 11.2. The van der Waals surface area contributed by atoms with E-state index >= 15 is 0 Å². The Morgan fingerprint density at radius 1 is 1.16 bits per heavy atom. The lowest BCUT2D eigenvalue weighted by Gasteiger charge is -2.41. The Balaban J connectivity index is 1.87. The number of carbonyl (C=O) groups is 2. The highest BCUT2D eigenvalue weighted by Gasteiger charge is 2.37. The summed E-state index contributed by atoms with van der Waals surface area (Å²) in [5, 5.41) is 2.12. The highest BCUT2D eigenvalue weighted by Crippen LogP contribution is 2.38. The zero-order valence-electron chi connectivity index (χ0n) is 20.3. The fraction of sp³-hybridized carbons (Fsp3) is 0.556. The molecule has 0 aliphatic carbocycles. The van der Waals surface area contributed by atoms with Crippen LogP contribution in [0, 0.1) is 5.92 Å². The van der Waals surface area contributed by atoms with Crippen molar-refractivity contribution in [2.75, 3.05) is 13.1 Å². The number of amides is 2. The summed E-state index contributed by atoms with van der Waals surface area (Å²) in [4.78, 5) is 32.4. The first kappa shape index (κ1) is 24.5. The fourth-order valence-corrected chi connectivity index (χ4v) is 5.53. The van der Waals surface area contributed by atoms with Gasteiger partial charge in [0.1, 0.15) is 6.54 Å². The Hall–Kier alpha value is -2.14. The Labute approximate surface area is 197 Å². The van der Waals surface area contributed by atoms with Crippen molar-refractivity contribution in [3.8, 4) is 0 Å². The molecule has 4 nitrogen and oxygen atoms in total. The molecule has 0 fully saturated rings. The van der Waals surface area contributed by atoms with Gasteiger partial charge in [-0.25, -0.2) is 0 Å². The molecule has 2 unspecified atom stereocenters. The predicted molar refractivity (Wildman–Crippen MR) is 133 cm³/mol. The molecule has 2 amide bonds. The second-order valence-electron chi connectivity index (χ2n) is 9.79. The lowest BCUT2D eigenvalue weighted by molar-refractivity contribution is -0.148. The van der Waals surface area contributed by atoms with E-state index in [-0.39, 0.29) is 30.3 Å². The summed E-state index contributed by atoms with van der Waals surface area (Å²) in [5.74, 6) is 0.132. The third kappa shape index (κ3) is 5.43. The highest BCUT2D eigenvalue weighted by molar-refractivity contribution is 7.10. The molecule has 1 aromatic heterocycles. The minimum Gasteiger partial charge on any atom is -0.330 e. The summed E-state index contributed by atoms with van der Waals surface area (Å²) in [6.07, 6.45) is 4.70. The van der Waals surface area contributed by atoms with E-state index in [9.17, 15) is 9.59 Å². The standard InChI is InChI=1S/C27H38N2O2S/c1-6-8-12-20(7-2)26(31)29(27(3,4)5)19-24(30)28-17-15-23-22(16-18-32-23)25(28)21-13-10-9-11-14-21/h9-11,13-14,16,18,20,25H,6-8,12,15,17,19H2,1-5H3. The van der Waals surface area contributed by atoms with Crippen molar-refractivity contribution in [3.63, 3.8) is 0 Å². The van der Waals surface area contributed by atoms with Crippen molar-refractivity contribution in [2.24, 2.45) is 5.92 Å². The van der Waals surface area contributed by atoms with Gasteiger partial charge in [-0.2, -0.15) is 0 Å². The quantitative estimate of drug-likeness (QED) is 0.486. The van der Waals surface area contributed by atoms with E-state index < -0.39 is 5.54 Å². The zero-order valence-corrected chi connectivity index (χ0v) is 21.1. The van der Waals surface area contributed by atoms with Gasteiger partial charge in [-0.3, -0.25) is 9.59 Å². The molecule has 0 saturated carbocycles. The van der Waals surface area contributed by atoms with E-state index in [0.717, 1.165) is 37.7 Å². The zero-order chi connectivity index (χ0) is 23.3. The summed E-state index contributed by atoms with van der Waals surface area (Å²) >= 11 is 1.77. The number of carbonyl (C=O) groups excluding carboxylic acids is 2. The molecule has 0 bridgehead atoms. The van der Waals surface area contributed by atoms with Crippen LogP contribution < -0.4 is 0 Å². The normalized spacial score (nSPS) is 17.0. The van der Waals surface area contributed by atoms with Crippen LogP contribution in [0.1, 0.15) is 82.3 Å². The number of unbranched alkanes of at least 4 members (excludes halogenated alkanes) is 1. The first-order valence-corrected chi connectivity index (χ1v) is 12.9. The van der Waals surface area contributed by atoms with Crippen LogP contribution in [0.15, 0.2) is 41.8 Å². The number of fused-ring (bicyclic) bond motifs is 1. The van der Waals surface area contributed by atoms with Gasteiger partial charge in [0.2, 0.25) is 11.8 Å². The Kier molecular flexibility index (Phi) is 8.16. The van der Waals surface area contributed by atoms with Crippen molar-refractivity contribution >= 4 is 23.2 Å². The lowest BCUT2D eigenvalue weighted by Crippen LogP contribution is -2.54. The van der Waals surface area contributed by atoms with E-state index in [1.807, 2.05) is 48.8 Å². The molecule has 1 aliphatic rings. The average Bonchev–Trinajstić information content (AvgIpc) is 3.25. The van der Waals surface area contributed by atoms with Crippen LogP contribution in [0.5, 0.6) is 0 Å². The number of benzene rings is 1. The first-order valence-electron chi connectivity index (χ1n) is 12.0. The van der Waals surface area contributed by atoms with Gasteiger partial charge in [0.25, 0.3) is 0 Å². The van der Waals surface area contributed by atoms with Gasteiger partial charge in [-0.05, 0) is 62.6 Å². The number of rotatable bonds is 8. The molecule has 2 atom stereocenters. The van der Waals surface area contributed by atoms with Gasteiger partial charge in [0, 0.05) is 22.9 Å². The van der Waals surface area contributed by atoms with Crippen LogP contribution >= 0.6 is 11.3 Å². The van der Waals surface area contributed by atoms with Gasteiger partial charge in [0.05, 0.1) is 6.04 Å². The molecule has 2 aromatic rings. The second-order valence-corrected chi connectivity index (χ2v) is 10.8. The van der Waals surface area contributed by atoms with E-state index in [2.05, 4.69) is 37.4 Å². The molecule has 0 N–H and O–H groups in total. The van der Waals surface area contributed by atoms with Crippen LogP contribution in [0.4, 0.5) is 0 Å². The molecule has 3 rings (SSSR count). The predicted octanol–water partition coefficient (Wildman–Crippen LogP) is 6.07. The van der Waals surface area contributed by atoms with Gasteiger partial charge < -0.3 is 9.80 Å². The van der Waals surface area contributed by atoms with Crippen molar-refractivity contribution in [2.45, 2.75) is 78.3 Å². The molecular formula is C27H38N2O2S. The molecule has 174 valence electrons. The Morgan fingerprint density at radius 3 is 2.50 bits per heavy atom. The monoisotopic (exact) mass is 454 g/mol. The number of hydrogen-bond donors (Lipinski definition) is 0. The van der Waals surface area contributed by atoms with E-state index in [1.54, 1.807) is 11.3 Å². The topological polar surface area (TPSA) is 40.6 Å². The fourth-order valence-electron chi connectivity index (χ4n) is 4.62. The molecule has 0 spiro atoms. The Bertz CT molecular complexity index is 900. The first-order chi connectivity index (χ1) is 15.3. The summed E-state index contributed by atoms with van der Waals surface area (Å²) in [7, 11) is 0. The number of thiophene rings is 1. The van der Waals surface area contributed by atoms with E-state index in [1.165, 1.54) is 10.4 Å². The SMILES string of the molecule is CCCCC(CC)C(=O)N(CC(=O)N1CCc2sccc2C1c1ccccc1)C(C)(C)C. The van der Waals surface area contributed by atoms with Crippen LogP contribution in [0.2, 0.25) is 0 Å². The van der Waals surface area contributed by atoms with Crippen molar-refractivity contribution in [3.05, 3.63) is 57.8 Å². The van der Waals surface area contributed by atoms with E-state index in [4.69, 9.17) is 0 Å². The largest absolute Gasteiger partial charge is 0.330 e. The summed E-state index contributed by atoms with van der Waals surface area (Å²) in [5.41, 5.74) is 1.95. The molecule has 5 heteroatoms. The minimum absolute atomic E-state index is 0.0169.